The Morgan fingerprint density at radius 3 is 2.74 bits per heavy atom. The van der Waals surface area contributed by atoms with Crippen LogP contribution in [0.15, 0.2) is 78.3 Å². The third-order valence-corrected chi connectivity index (χ3v) is 3.51. The molecule has 0 fully saturated rings. The lowest BCUT2D eigenvalue weighted by molar-refractivity contribution is 0.140. The highest BCUT2D eigenvalue weighted by atomic mass is 16.5. The Hall–Kier alpha value is -2.48. The minimum atomic E-state index is -0.535. The van der Waals surface area contributed by atoms with Crippen LogP contribution in [-0.2, 0) is 4.74 Å². The topological polar surface area (TPSA) is 18.5 Å². The van der Waals surface area contributed by atoms with Gasteiger partial charge >= 0.3 is 0 Å². The van der Waals surface area contributed by atoms with Crippen LogP contribution >= 0.6 is 0 Å². The largest absolute Gasteiger partial charge is 0.482 e. The van der Waals surface area contributed by atoms with Crippen LogP contribution in [0.5, 0.6) is 5.75 Å². The van der Waals surface area contributed by atoms with Crippen LogP contribution in [0.4, 0.5) is 0 Å². The lowest BCUT2D eigenvalue weighted by Gasteiger charge is -2.36. The van der Waals surface area contributed by atoms with Gasteiger partial charge in [0.2, 0.25) is 0 Å². The minimum Gasteiger partial charge on any atom is -0.482 e. The van der Waals surface area contributed by atoms with Crippen molar-refractivity contribution in [3.63, 3.8) is 0 Å². The maximum Gasteiger partial charge on any atom is 0.174 e. The van der Waals surface area contributed by atoms with Crippen molar-refractivity contribution in [1.82, 2.24) is 0 Å². The summed E-state index contributed by atoms with van der Waals surface area (Å²) in [5, 5.41) is 0. The second kappa shape index (κ2) is 3.75. The number of hydrogen-bond donors (Lipinski definition) is 0. The number of rotatable bonds is 0. The molecule has 0 radical (unpaired) electrons. The van der Waals surface area contributed by atoms with Crippen LogP contribution in [-0.4, -0.2) is 5.60 Å². The molecule has 0 amide bonds. The Kier molecular flexibility index (Phi) is 2.06. The van der Waals surface area contributed by atoms with E-state index >= 15 is 0 Å². The zero-order valence-electron chi connectivity index (χ0n) is 10.2. The first-order valence-corrected chi connectivity index (χ1v) is 6.29. The lowest BCUT2D eigenvalue weighted by atomic mass is 9.84. The number of ether oxygens (including phenoxy) is 2. The molecule has 0 N–H and O–H groups in total. The van der Waals surface area contributed by atoms with E-state index in [-0.39, 0.29) is 0 Å². The number of fused-ring (bicyclic) bond motifs is 3. The standard InChI is InChI=1S/C17H12O2/c1-2-7-15-13(6-1)12-14-16(19-15)8-5-10-17(14)9-3-4-11-18-17/h1-12H. The monoisotopic (exact) mass is 248 g/mol. The number of allylic oxidation sites excluding steroid dienone is 4. The molecule has 2 heteroatoms. The van der Waals surface area contributed by atoms with Crippen molar-refractivity contribution in [1.29, 1.82) is 0 Å². The average molecular weight is 248 g/mol. The van der Waals surface area contributed by atoms with Crippen molar-refractivity contribution in [2.75, 3.05) is 0 Å². The molecule has 1 unspecified atom stereocenters. The SMILES string of the molecule is C1=COC2(C=C1)C=CC=C1Oc3ccccc3C=C12. The van der Waals surface area contributed by atoms with Crippen molar-refractivity contribution in [2.45, 2.75) is 5.60 Å². The van der Waals surface area contributed by atoms with Crippen LogP contribution in [0.3, 0.4) is 0 Å². The van der Waals surface area contributed by atoms with Crippen LogP contribution in [0, 0.1) is 0 Å². The Labute approximate surface area is 111 Å². The highest BCUT2D eigenvalue weighted by molar-refractivity contribution is 5.72. The molecule has 2 nitrogen and oxygen atoms in total. The molecule has 2 aliphatic heterocycles. The normalized spacial score (nSPS) is 25.9. The van der Waals surface area contributed by atoms with Gasteiger partial charge in [0.15, 0.2) is 5.60 Å². The van der Waals surface area contributed by atoms with E-state index in [1.807, 2.05) is 60.7 Å². The first-order chi connectivity index (χ1) is 9.37. The van der Waals surface area contributed by atoms with Gasteiger partial charge in [-0.2, -0.15) is 0 Å². The van der Waals surface area contributed by atoms with E-state index in [0.717, 1.165) is 22.6 Å². The van der Waals surface area contributed by atoms with Gasteiger partial charge in [-0.25, -0.2) is 0 Å². The molecule has 1 aliphatic carbocycles. The Bertz CT molecular complexity index is 689. The summed E-state index contributed by atoms with van der Waals surface area (Å²) >= 11 is 0. The maximum atomic E-state index is 5.97. The molecule has 0 bridgehead atoms. The van der Waals surface area contributed by atoms with Crippen molar-refractivity contribution in [3.8, 4) is 5.75 Å². The molecule has 1 aromatic rings. The third kappa shape index (κ3) is 1.50. The molecule has 92 valence electrons. The van der Waals surface area contributed by atoms with E-state index in [4.69, 9.17) is 9.47 Å². The molecule has 0 saturated heterocycles. The summed E-state index contributed by atoms with van der Waals surface area (Å²) in [5.41, 5.74) is 1.58. The second-order valence-corrected chi connectivity index (χ2v) is 4.69. The zero-order valence-corrected chi connectivity index (χ0v) is 10.2. The fourth-order valence-corrected chi connectivity index (χ4v) is 2.57. The highest BCUT2D eigenvalue weighted by Crippen LogP contribution is 2.42. The van der Waals surface area contributed by atoms with Crippen molar-refractivity contribution in [3.05, 3.63) is 83.9 Å². The molecule has 0 saturated carbocycles. The Morgan fingerprint density at radius 2 is 1.84 bits per heavy atom. The smallest absolute Gasteiger partial charge is 0.174 e. The van der Waals surface area contributed by atoms with E-state index in [1.54, 1.807) is 6.26 Å². The van der Waals surface area contributed by atoms with Gasteiger partial charge in [0.05, 0.1) is 6.26 Å². The van der Waals surface area contributed by atoms with Gasteiger partial charge in [-0.05, 0) is 36.4 Å². The molecule has 4 rings (SSSR count). The van der Waals surface area contributed by atoms with E-state index in [2.05, 4.69) is 6.08 Å². The van der Waals surface area contributed by atoms with Crippen molar-refractivity contribution < 1.29 is 9.47 Å². The summed E-state index contributed by atoms with van der Waals surface area (Å²) in [6.45, 7) is 0. The van der Waals surface area contributed by atoms with Crippen molar-refractivity contribution in [2.24, 2.45) is 0 Å². The van der Waals surface area contributed by atoms with E-state index in [9.17, 15) is 0 Å². The van der Waals surface area contributed by atoms with E-state index in [0.29, 0.717) is 0 Å². The number of para-hydroxylation sites is 1. The fraction of sp³-hybridized carbons (Fsp3) is 0.0588. The third-order valence-electron chi connectivity index (χ3n) is 3.51. The minimum absolute atomic E-state index is 0.535. The molecular formula is C17H12O2. The Morgan fingerprint density at radius 1 is 0.947 bits per heavy atom. The summed E-state index contributed by atoms with van der Waals surface area (Å²) in [6, 6.07) is 8.02. The molecule has 2 heterocycles. The van der Waals surface area contributed by atoms with Crippen molar-refractivity contribution >= 4 is 6.08 Å². The summed E-state index contributed by atoms with van der Waals surface area (Å²) in [7, 11) is 0. The number of hydrogen-bond acceptors (Lipinski definition) is 2. The van der Waals surface area contributed by atoms with Crippen LogP contribution in [0.2, 0.25) is 0 Å². The second-order valence-electron chi connectivity index (χ2n) is 4.69. The van der Waals surface area contributed by atoms with Gasteiger partial charge in [0.25, 0.3) is 0 Å². The van der Waals surface area contributed by atoms with E-state index in [1.165, 1.54) is 0 Å². The summed E-state index contributed by atoms with van der Waals surface area (Å²) in [6.07, 6.45) is 15.8. The van der Waals surface area contributed by atoms with Gasteiger partial charge in [-0.15, -0.1) is 0 Å². The van der Waals surface area contributed by atoms with Crippen LogP contribution < -0.4 is 4.74 Å². The number of benzene rings is 1. The summed E-state index contributed by atoms with van der Waals surface area (Å²) in [5.74, 6) is 1.74. The molecule has 19 heavy (non-hydrogen) atoms. The Balaban J connectivity index is 1.90. The molecule has 3 aliphatic rings. The molecular weight excluding hydrogens is 236 g/mol. The average Bonchev–Trinajstić information content (AvgIpc) is 2.47. The summed E-state index contributed by atoms with van der Waals surface area (Å²) < 4.78 is 11.8. The van der Waals surface area contributed by atoms with Gasteiger partial charge in [-0.1, -0.05) is 30.4 Å². The molecule has 1 aromatic carbocycles. The summed E-state index contributed by atoms with van der Waals surface area (Å²) in [4.78, 5) is 0. The van der Waals surface area contributed by atoms with E-state index < -0.39 is 5.60 Å². The van der Waals surface area contributed by atoms with Gasteiger partial charge in [0, 0.05) is 11.1 Å². The lowest BCUT2D eigenvalue weighted by Crippen LogP contribution is -2.34. The predicted molar refractivity (Wildman–Crippen MR) is 74.4 cm³/mol. The zero-order chi connectivity index (χ0) is 12.7. The fourth-order valence-electron chi connectivity index (χ4n) is 2.57. The molecule has 0 aromatic heterocycles. The van der Waals surface area contributed by atoms with Gasteiger partial charge < -0.3 is 9.47 Å². The highest BCUT2D eigenvalue weighted by Gasteiger charge is 2.38. The van der Waals surface area contributed by atoms with Gasteiger partial charge in [0.1, 0.15) is 11.5 Å². The first-order valence-electron chi connectivity index (χ1n) is 6.29. The van der Waals surface area contributed by atoms with Crippen LogP contribution in [0.25, 0.3) is 6.08 Å². The maximum absolute atomic E-state index is 5.97. The quantitative estimate of drug-likeness (QED) is 0.696. The first kappa shape index (κ1) is 10.4. The van der Waals surface area contributed by atoms with Crippen LogP contribution in [0.1, 0.15) is 5.56 Å². The molecule has 1 spiro atoms. The molecule has 1 atom stereocenters. The predicted octanol–water partition coefficient (Wildman–Crippen LogP) is 3.76. The van der Waals surface area contributed by atoms with Gasteiger partial charge in [-0.3, -0.25) is 0 Å².